The molecule has 0 aliphatic heterocycles. The van der Waals surface area contributed by atoms with Gasteiger partial charge >= 0.3 is 0 Å². The molecule has 0 atom stereocenters. The molecule has 5 rings (SSSR count). The lowest BCUT2D eigenvalue weighted by molar-refractivity contribution is 0.592. The SMILES string of the molecule is O=S(=O)(c1ccc(Cl)cc1)c1nnn2c1nc(Nc1ccc(Cl)cc1)c1ccccc12. The lowest BCUT2D eigenvalue weighted by atomic mass is 10.2. The van der Waals surface area contributed by atoms with Crippen molar-refractivity contribution in [2.24, 2.45) is 0 Å². The number of para-hydroxylation sites is 1. The standard InChI is InChI=1S/C21H13Cl2N5O2S/c22-13-5-9-15(10-6-13)24-19-17-3-1-2-4-18(17)28-20(25-19)21(26-27-28)31(29,30)16-11-7-14(23)8-12-16/h1-12H,(H,24,25). The highest BCUT2D eigenvalue weighted by Crippen LogP contribution is 2.30. The predicted octanol–water partition coefficient (Wildman–Crippen LogP) is 5.16. The molecule has 0 bridgehead atoms. The van der Waals surface area contributed by atoms with Gasteiger partial charge < -0.3 is 5.32 Å². The highest BCUT2D eigenvalue weighted by molar-refractivity contribution is 7.91. The number of halogens is 2. The number of aromatic nitrogens is 4. The van der Waals surface area contributed by atoms with E-state index < -0.39 is 9.84 Å². The zero-order valence-corrected chi connectivity index (χ0v) is 18.0. The number of anilines is 2. The molecule has 7 nitrogen and oxygen atoms in total. The van der Waals surface area contributed by atoms with Gasteiger partial charge in [-0.1, -0.05) is 40.5 Å². The molecular formula is C21H13Cl2N5O2S. The number of hydrogen-bond acceptors (Lipinski definition) is 6. The molecule has 0 unspecified atom stereocenters. The molecule has 0 aliphatic rings. The maximum atomic E-state index is 13.2. The quantitative estimate of drug-likeness (QED) is 0.390. The molecule has 0 spiro atoms. The summed E-state index contributed by atoms with van der Waals surface area (Å²) in [5.41, 5.74) is 1.53. The first kappa shape index (κ1) is 19.7. The van der Waals surface area contributed by atoms with E-state index in [9.17, 15) is 8.42 Å². The van der Waals surface area contributed by atoms with Crippen LogP contribution in [-0.4, -0.2) is 28.2 Å². The first-order valence-corrected chi connectivity index (χ1v) is 11.3. The molecule has 10 heteroatoms. The molecule has 0 saturated heterocycles. The van der Waals surface area contributed by atoms with E-state index in [4.69, 9.17) is 23.2 Å². The van der Waals surface area contributed by atoms with Crippen LogP contribution in [0.4, 0.5) is 11.5 Å². The Labute approximate surface area is 187 Å². The third kappa shape index (κ3) is 3.48. The fourth-order valence-electron chi connectivity index (χ4n) is 3.21. The van der Waals surface area contributed by atoms with Gasteiger partial charge in [0.1, 0.15) is 5.82 Å². The van der Waals surface area contributed by atoms with E-state index >= 15 is 0 Å². The molecule has 0 radical (unpaired) electrons. The van der Waals surface area contributed by atoms with Gasteiger partial charge in [-0.05, 0) is 60.7 Å². The van der Waals surface area contributed by atoms with Crippen LogP contribution < -0.4 is 5.32 Å². The minimum Gasteiger partial charge on any atom is -0.340 e. The monoisotopic (exact) mass is 469 g/mol. The highest BCUT2D eigenvalue weighted by Gasteiger charge is 2.27. The van der Waals surface area contributed by atoms with E-state index in [1.165, 1.54) is 28.8 Å². The largest absolute Gasteiger partial charge is 0.340 e. The topological polar surface area (TPSA) is 89.2 Å². The van der Waals surface area contributed by atoms with E-state index in [2.05, 4.69) is 20.6 Å². The molecule has 1 N–H and O–H groups in total. The fourth-order valence-corrected chi connectivity index (χ4v) is 4.70. The predicted molar refractivity (Wildman–Crippen MR) is 120 cm³/mol. The summed E-state index contributed by atoms with van der Waals surface area (Å²) < 4.78 is 27.9. The molecule has 5 aromatic rings. The van der Waals surface area contributed by atoms with Crippen molar-refractivity contribution in [3.05, 3.63) is 82.8 Å². The van der Waals surface area contributed by atoms with Crippen molar-refractivity contribution in [3.63, 3.8) is 0 Å². The molecule has 0 fully saturated rings. The van der Waals surface area contributed by atoms with E-state index in [-0.39, 0.29) is 15.6 Å². The van der Waals surface area contributed by atoms with Crippen molar-refractivity contribution >= 4 is 61.1 Å². The van der Waals surface area contributed by atoms with Crippen LogP contribution in [0.25, 0.3) is 16.6 Å². The van der Waals surface area contributed by atoms with E-state index in [0.29, 0.717) is 21.4 Å². The zero-order chi connectivity index (χ0) is 21.6. The van der Waals surface area contributed by atoms with Gasteiger partial charge in [0, 0.05) is 21.1 Å². The molecule has 2 heterocycles. The Morgan fingerprint density at radius 3 is 2.19 bits per heavy atom. The third-order valence-electron chi connectivity index (χ3n) is 4.71. The van der Waals surface area contributed by atoms with Crippen molar-refractivity contribution in [3.8, 4) is 0 Å². The zero-order valence-electron chi connectivity index (χ0n) is 15.7. The van der Waals surface area contributed by atoms with Crippen molar-refractivity contribution in [2.75, 3.05) is 5.32 Å². The lowest BCUT2D eigenvalue weighted by Gasteiger charge is -2.10. The number of nitrogens with zero attached hydrogens (tertiary/aromatic N) is 4. The Morgan fingerprint density at radius 2 is 1.48 bits per heavy atom. The Morgan fingerprint density at radius 1 is 0.839 bits per heavy atom. The van der Waals surface area contributed by atoms with Gasteiger partial charge in [0.05, 0.1) is 10.4 Å². The third-order valence-corrected chi connectivity index (χ3v) is 6.88. The van der Waals surface area contributed by atoms with Gasteiger partial charge in [-0.25, -0.2) is 13.4 Å². The fraction of sp³-hybridized carbons (Fsp3) is 0. The minimum absolute atomic E-state index is 0.0569. The van der Waals surface area contributed by atoms with Crippen LogP contribution in [0.3, 0.4) is 0 Å². The van der Waals surface area contributed by atoms with E-state index in [1.807, 2.05) is 36.4 Å². The van der Waals surface area contributed by atoms with Gasteiger partial charge in [-0.2, -0.15) is 4.52 Å². The summed E-state index contributed by atoms with van der Waals surface area (Å²) in [6, 6.07) is 20.4. The molecule has 3 aromatic carbocycles. The van der Waals surface area contributed by atoms with Crippen LogP contribution in [0.2, 0.25) is 10.0 Å². The number of fused-ring (bicyclic) bond motifs is 3. The second-order valence-corrected chi connectivity index (χ2v) is 9.43. The smallest absolute Gasteiger partial charge is 0.229 e. The van der Waals surface area contributed by atoms with Crippen molar-refractivity contribution in [1.29, 1.82) is 0 Å². The van der Waals surface area contributed by atoms with Gasteiger partial charge in [-0.15, -0.1) is 5.10 Å². The summed E-state index contributed by atoms with van der Waals surface area (Å²) in [7, 11) is -3.96. The second kappa shape index (κ2) is 7.49. The summed E-state index contributed by atoms with van der Waals surface area (Å²) in [5, 5.41) is 12.8. The summed E-state index contributed by atoms with van der Waals surface area (Å²) in [5.74, 6) is 0.472. The van der Waals surface area contributed by atoms with Crippen LogP contribution in [-0.2, 0) is 9.84 Å². The van der Waals surface area contributed by atoms with Crippen LogP contribution in [0.1, 0.15) is 0 Å². The maximum absolute atomic E-state index is 13.2. The molecule has 2 aromatic heterocycles. The lowest BCUT2D eigenvalue weighted by Crippen LogP contribution is -2.05. The molecule has 0 saturated carbocycles. The molecule has 0 amide bonds. The minimum atomic E-state index is -3.96. The first-order valence-electron chi connectivity index (χ1n) is 9.11. The Bertz CT molecular complexity index is 1530. The van der Waals surface area contributed by atoms with Crippen molar-refractivity contribution in [1.82, 2.24) is 19.8 Å². The van der Waals surface area contributed by atoms with Crippen LogP contribution in [0.5, 0.6) is 0 Å². The summed E-state index contributed by atoms with van der Waals surface area (Å²) in [4.78, 5) is 4.64. The van der Waals surface area contributed by atoms with Gasteiger partial charge in [0.2, 0.25) is 14.9 Å². The highest BCUT2D eigenvalue weighted by atomic mass is 35.5. The van der Waals surface area contributed by atoms with Crippen molar-refractivity contribution < 1.29 is 8.42 Å². The van der Waals surface area contributed by atoms with Gasteiger partial charge in [0.25, 0.3) is 0 Å². The Balaban J connectivity index is 1.73. The molecule has 31 heavy (non-hydrogen) atoms. The number of hydrogen-bond donors (Lipinski definition) is 1. The second-order valence-electron chi connectivity index (χ2n) is 6.70. The maximum Gasteiger partial charge on any atom is 0.229 e. The van der Waals surface area contributed by atoms with Crippen LogP contribution in [0.15, 0.2) is 82.7 Å². The van der Waals surface area contributed by atoms with Crippen LogP contribution >= 0.6 is 23.2 Å². The number of rotatable bonds is 4. The number of nitrogens with one attached hydrogen (secondary N) is 1. The van der Waals surface area contributed by atoms with Gasteiger partial charge in [0.15, 0.2) is 5.65 Å². The number of sulfone groups is 1. The molecule has 0 aliphatic carbocycles. The Hall–Kier alpha value is -3.20. The molecular weight excluding hydrogens is 457 g/mol. The van der Waals surface area contributed by atoms with Gasteiger partial charge in [-0.3, -0.25) is 0 Å². The summed E-state index contributed by atoms with van der Waals surface area (Å²) >= 11 is 11.9. The average Bonchev–Trinajstić information content (AvgIpc) is 3.21. The van der Waals surface area contributed by atoms with Crippen LogP contribution in [0, 0.1) is 0 Å². The normalized spacial score (nSPS) is 11.8. The van der Waals surface area contributed by atoms with E-state index in [0.717, 1.165) is 11.1 Å². The Kier molecular flexibility index (Phi) is 4.77. The number of benzene rings is 3. The summed E-state index contributed by atoms with van der Waals surface area (Å²) in [6.45, 7) is 0. The average molecular weight is 470 g/mol. The van der Waals surface area contributed by atoms with E-state index in [1.54, 1.807) is 12.1 Å². The summed E-state index contributed by atoms with van der Waals surface area (Å²) in [6.07, 6.45) is 0. The molecule has 154 valence electrons. The first-order chi connectivity index (χ1) is 14.9. The van der Waals surface area contributed by atoms with Crippen molar-refractivity contribution in [2.45, 2.75) is 9.92 Å².